The summed E-state index contributed by atoms with van der Waals surface area (Å²) in [6.45, 7) is 10.9. The molecule has 0 aliphatic carbocycles. The normalized spacial score (nSPS) is 15.5. The third-order valence-electron chi connectivity index (χ3n) is 6.27. The minimum atomic E-state index is -1.11. The highest BCUT2D eigenvalue weighted by Gasteiger charge is 2.37. The molecule has 0 fully saturated rings. The monoisotopic (exact) mass is 449 g/mol. The van der Waals surface area contributed by atoms with Gasteiger partial charge in [0.1, 0.15) is 5.75 Å². The van der Waals surface area contributed by atoms with E-state index in [1.54, 1.807) is 6.07 Å². The maximum Gasteiger partial charge on any atom is 0.526 e. The standard InChI is InChI=1S/C27H36BNO4/c1-17(2)9-10-20-13-21(11-12-23(20)16-29-18(3)4)26(31)15-24-14-22-7-6-8-25(19(5)30)27(22)33-28(24)32/h6-8,11-13,17-18,24,29,32H,9-10,14-16H2,1-5H3/t24-/m1/s1. The van der Waals surface area contributed by atoms with Gasteiger partial charge in [-0.2, -0.15) is 0 Å². The number of para-hydroxylation sites is 1. The quantitative estimate of drug-likeness (QED) is 0.393. The second-order valence-electron chi connectivity index (χ2n) is 9.90. The molecule has 0 unspecified atom stereocenters. The second kappa shape index (κ2) is 11.1. The van der Waals surface area contributed by atoms with E-state index in [9.17, 15) is 14.6 Å². The number of rotatable bonds is 10. The minimum Gasteiger partial charge on any atom is -0.535 e. The third-order valence-corrected chi connectivity index (χ3v) is 6.27. The molecule has 2 N–H and O–H groups in total. The number of aryl methyl sites for hydroxylation is 1. The average molecular weight is 449 g/mol. The van der Waals surface area contributed by atoms with E-state index < -0.39 is 7.12 Å². The summed E-state index contributed by atoms with van der Waals surface area (Å²) >= 11 is 0. The molecule has 2 aromatic rings. The predicted octanol–water partition coefficient (Wildman–Crippen LogP) is 5.03. The summed E-state index contributed by atoms with van der Waals surface area (Å²) in [5.74, 6) is 0.579. The lowest BCUT2D eigenvalue weighted by Crippen LogP contribution is -2.35. The first-order chi connectivity index (χ1) is 15.7. The third kappa shape index (κ3) is 6.55. The number of ketones is 2. The Hall–Kier alpha value is -2.44. The highest BCUT2D eigenvalue weighted by molar-refractivity contribution is 6.47. The first kappa shape index (κ1) is 25.2. The van der Waals surface area contributed by atoms with Gasteiger partial charge in [0, 0.05) is 30.4 Å². The zero-order valence-corrected chi connectivity index (χ0v) is 20.5. The molecule has 0 saturated heterocycles. The molecule has 0 bridgehead atoms. The van der Waals surface area contributed by atoms with Gasteiger partial charge in [0.15, 0.2) is 11.6 Å². The van der Waals surface area contributed by atoms with Crippen LogP contribution < -0.4 is 9.97 Å². The van der Waals surface area contributed by atoms with Gasteiger partial charge in [0.05, 0.1) is 5.56 Å². The van der Waals surface area contributed by atoms with Crippen LogP contribution in [-0.4, -0.2) is 29.8 Å². The Labute approximate surface area is 198 Å². The largest absolute Gasteiger partial charge is 0.535 e. The van der Waals surface area contributed by atoms with E-state index in [-0.39, 0.29) is 23.8 Å². The summed E-state index contributed by atoms with van der Waals surface area (Å²) in [6, 6.07) is 11.8. The van der Waals surface area contributed by atoms with Crippen LogP contribution in [0.2, 0.25) is 5.82 Å². The molecule has 2 aromatic carbocycles. The molecule has 0 spiro atoms. The van der Waals surface area contributed by atoms with Gasteiger partial charge in [0.25, 0.3) is 0 Å². The van der Waals surface area contributed by atoms with Crippen LogP contribution >= 0.6 is 0 Å². The van der Waals surface area contributed by atoms with Crippen molar-refractivity contribution in [1.82, 2.24) is 5.32 Å². The minimum absolute atomic E-state index is 0.00277. The Morgan fingerprint density at radius 3 is 2.58 bits per heavy atom. The van der Waals surface area contributed by atoms with E-state index in [0.717, 1.165) is 24.9 Å². The van der Waals surface area contributed by atoms with Crippen LogP contribution in [0.4, 0.5) is 0 Å². The number of fused-ring (bicyclic) bond motifs is 1. The number of hydrogen-bond donors (Lipinski definition) is 2. The lowest BCUT2D eigenvalue weighted by atomic mass is 9.64. The van der Waals surface area contributed by atoms with Crippen LogP contribution in [0.5, 0.6) is 5.75 Å². The highest BCUT2D eigenvalue weighted by atomic mass is 16.5. The lowest BCUT2D eigenvalue weighted by Gasteiger charge is -2.28. The van der Waals surface area contributed by atoms with Crippen LogP contribution in [0.25, 0.3) is 0 Å². The van der Waals surface area contributed by atoms with Gasteiger partial charge >= 0.3 is 7.12 Å². The highest BCUT2D eigenvalue weighted by Crippen LogP contribution is 2.37. The van der Waals surface area contributed by atoms with Crippen molar-refractivity contribution in [2.45, 2.75) is 78.7 Å². The van der Waals surface area contributed by atoms with Crippen LogP contribution in [-0.2, 0) is 19.4 Å². The maximum atomic E-state index is 13.2. The molecule has 1 aliphatic heterocycles. The second-order valence-corrected chi connectivity index (χ2v) is 9.90. The van der Waals surface area contributed by atoms with Crippen molar-refractivity contribution in [3.63, 3.8) is 0 Å². The first-order valence-electron chi connectivity index (χ1n) is 12.0. The first-order valence-corrected chi connectivity index (χ1v) is 12.0. The molecule has 0 aromatic heterocycles. The lowest BCUT2D eigenvalue weighted by molar-refractivity contribution is 0.0971. The summed E-state index contributed by atoms with van der Waals surface area (Å²) in [4.78, 5) is 25.1. The van der Waals surface area contributed by atoms with Crippen molar-refractivity contribution in [1.29, 1.82) is 0 Å². The molecule has 176 valence electrons. The fraction of sp³-hybridized carbons (Fsp3) is 0.481. The Morgan fingerprint density at radius 1 is 1.15 bits per heavy atom. The summed E-state index contributed by atoms with van der Waals surface area (Å²) in [6.07, 6.45) is 2.69. The van der Waals surface area contributed by atoms with Gasteiger partial charge in [0.2, 0.25) is 0 Å². The van der Waals surface area contributed by atoms with Gasteiger partial charge < -0.3 is 15.0 Å². The SMILES string of the molecule is CC(=O)c1cccc2c1OB(O)[C@@H](CC(=O)c1ccc(CNC(C)C)c(CCC(C)C)c1)C2. The van der Waals surface area contributed by atoms with E-state index in [1.165, 1.54) is 18.1 Å². The van der Waals surface area contributed by atoms with E-state index in [2.05, 4.69) is 39.1 Å². The van der Waals surface area contributed by atoms with E-state index >= 15 is 0 Å². The maximum absolute atomic E-state index is 13.2. The van der Waals surface area contributed by atoms with Gasteiger partial charge in [-0.25, -0.2) is 0 Å². The Balaban J connectivity index is 1.77. The van der Waals surface area contributed by atoms with Crippen LogP contribution in [0.3, 0.4) is 0 Å². The molecule has 6 heteroatoms. The van der Waals surface area contributed by atoms with Gasteiger partial charge in [-0.15, -0.1) is 0 Å². The van der Waals surface area contributed by atoms with E-state index in [0.29, 0.717) is 35.3 Å². The molecule has 0 radical (unpaired) electrons. The van der Waals surface area contributed by atoms with Gasteiger partial charge in [-0.1, -0.05) is 52.0 Å². The number of carbonyl (C=O) groups excluding carboxylic acids is 2. The van der Waals surface area contributed by atoms with E-state index in [4.69, 9.17) is 4.65 Å². The molecule has 0 saturated carbocycles. The molecule has 1 atom stereocenters. The zero-order valence-electron chi connectivity index (χ0n) is 20.5. The van der Waals surface area contributed by atoms with Crippen LogP contribution in [0.1, 0.15) is 84.9 Å². The van der Waals surface area contributed by atoms with Crippen molar-refractivity contribution in [2.75, 3.05) is 0 Å². The van der Waals surface area contributed by atoms with Crippen molar-refractivity contribution in [3.8, 4) is 5.75 Å². The molecule has 33 heavy (non-hydrogen) atoms. The van der Waals surface area contributed by atoms with E-state index in [1.807, 2.05) is 24.3 Å². The number of benzene rings is 2. The molecule has 0 amide bonds. The Morgan fingerprint density at radius 2 is 1.91 bits per heavy atom. The predicted molar refractivity (Wildman–Crippen MR) is 133 cm³/mol. The molecular weight excluding hydrogens is 413 g/mol. The van der Waals surface area contributed by atoms with Crippen molar-refractivity contribution < 1.29 is 19.3 Å². The Kier molecular flexibility index (Phi) is 8.49. The summed E-state index contributed by atoms with van der Waals surface area (Å²) in [7, 11) is -1.11. The molecule has 5 nitrogen and oxygen atoms in total. The average Bonchev–Trinajstić information content (AvgIpc) is 2.76. The number of Topliss-reactive ketones (excluding diaryl/α,β-unsaturated/α-hetero) is 2. The van der Waals surface area contributed by atoms with Crippen LogP contribution in [0.15, 0.2) is 36.4 Å². The number of hydrogen-bond acceptors (Lipinski definition) is 5. The van der Waals surface area contributed by atoms with Gasteiger partial charge in [-0.3, -0.25) is 9.59 Å². The number of carbonyl (C=O) groups is 2. The van der Waals surface area contributed by atoms with Crippen molar-refractivity contribution in [2.24, 2.45) is 5.92 Å². The molecule has 3 rings (SSSR count). The van der Waals surface area contributed by atoms with Crippen LogP contribution in [0, 0.1) is 5.92 Å². The number of nitrogens with one attached hydrogen (secondary N) is 1. The summed E-state index contributed by atoms with van der Waals surface area (Å²) in [5.41, 5.74) is 4.44. The summed E-state index contributed by atoms with van der Waals surface area (Å²) in [5, 5.41) is 14.1. The van der Waals surface area contributed by atoms with Gasteiger partial charge in [-0.05, 0) is 60.9 Å². The van der Waals surface area contributed by atoms with Crippen molar-refractivity contribution >= 4 is 18.7 Å². The molecule has 1 heterocycles. The Bertz CT molecular complexity index is 1000. The fourth-order valence-electron chi connectivity index (χ4n) is 4.25. The van der Waals surface area contributed by atoms with Crippen molar-refractivity contribution in [3.05, 3.63) is 64.2 Å². The molecule has 1 aliphatic rings. The molecular formula is C27H36BNO4. The topological polar surface area (TPSA) is 75.6 Å². The smallest absolute Gasteiger partial charge is 0.526 e. The summed E-state index contributed by atoms with van der Waals surface area (Å²) < 4.78 is 5.71. The fourth-order valence-corrected chi connectivity index (χ4v) is 4.25. The zero-order chi connectivity index (χ0) is 24.1.